The third-order valence-corrected chi connectivity index (χ3v) is 13.9. The number of nitrogens with zero attached hydrogens (tertiary/aromatic N) is 5. The fourth-order valence-corrected chi connectivity index (χ4v) is 10.7. The molecule has 16 bridgehead atoms. The fraction of sp³-hybridized carbons (Fsp3) is 0.0167. The minimum Gasteiger partial charge on any atom is -0.373 e. The van der Waals surface area contributed by atoms with Crippen LogP contribution in [0.25, 0.3) is 101 Å². The van der Waals surface area contributed by atoms with Crippen LogP contribution in [-0.2, 0) is 0 Å². The Morgan fingerprint density at radius 3 is 1.57 bits per heavy atom. The van der Waals surface area contributed by atoms with Gasteiger partial charge in [-0.2, -0.15) is 0 Å². The average molecular weight is 869 g/mol. The molecule has 15 rings (SSSR count). The summed E-state index contributed by atoms with van der Waals surface area (Å²) in [6.07, 6.45) is 11.0. The Balaban J connectivity index is 0.944. The second-order valence-corrected chi connectivity index (χ2v) is 17.9. The maximum atomic E-state index is 5.47. The van der Waals surface area contributed by atoms with E-state index in [1.165, 1.54) is 5.57 Å². The number of aromatic amines is 2. The normalized spacial score (nSPS) is 15.9. The van der Waals surface area contributed by atoms with Crippen LogP contribution in [-0.4, -0.2) is 35.9 Å². The Morgan fingerprint density at radius 2 is 0.941 bits per heavy atom. The third-order valence-electron chi connectivity index (χ3n) is 13.9. The molecule has 6 aromatic heterocycles. The molecule has 0 fully saturated rings. The predicted molar refractivity (Wildman–Crippen MR) is 271 cm³/mol. The molecule has 4 aromatic carbocycles. The van der Waals surface area contributed by atoms with Crippen LogP contribution < -0.4 is 15.9 Å². The van der Waals surface area contributed by atoms with E-state index in [2.05, 4.69) is 185 Å². The number of fused-ring (bicyclic) bond motifs is 18. The van der Waals surface area contributed by atoms with Gasteiger partial charge in [0, 0.05) is 66.5 Å². The molecule has 0 saturated heterocycles. The number of nitrogens with one attached hydrogen (secondary N) is 3. The van der Waals surface area contributed by atoms with Gasteiger partial charge in [-0.1, -0.05) is 121 Å². The maximum Gasteiger partial charge on any atom is 0.0893 e. The van der Waals surface area contributed by atoms with Gasteiger partial charge in [0.2, 0.25) is 0 Å². The molecule has 0 amide bonds. The van der Waals surface area contributed by atoms with Crippen molar-refractivity contribution in [2.45, 2.75) is 6.04 Å². The molecule has 68 heavy (non-hydrogen) atoms. The summed E-state index contributed by atoms with van der Waals surface area (Å²) in [5, 5.41) is 8.14. The summed E-state index contributed by atoms with van der Waals surface area (Å²) in [6, 6.07) is 57.4. The van der Waals surface area contributed by atoms with Gasteiger partial charge < -0.3 is 15.3 Å². The molecule has 1 aliphatic carbocycles. The number of aromatic nitrogens is 6. The molecule has 10 heterocycles. The first-order chi connectivity index (χ1) is 33.6. The van der Waals surface area contributed by atoms with Crippen molar-refractivity contribution >= 4 is 44.6 Å². The first-order valence-corrected chi connectivity index (χ1v) is 22.9. The van der Waals surface area contributed by atoms with Crippen LogP contribution in [0.5, 0.6) is 0 Å². The second kappa shape index (κ2) is 14.1. The number of H-pyrrole nitrogens is 2. The molecule has 0 spiro atoms. The van der Waals surface area contributed by atoms with Gasteiger partial charge in [-0.25, -0.2) is 24.9 Å². The Kier molecular flexibility index (Phi) is 7.68. The van der Waals surface area contributed by atoms with Gasteiger partial charge in [0.25, 0.3) is 0 Å². The molecule has 3 N–H and O–H groups in total. The second-order valence-electron chi connectivity index (χ2n) is 17.9. The van der Waals surface area contributed by atoms with E-state index in [1.807, 2.05) is 24.3 Å². The molecule has 0 radical (unpaired) electrons. The van der Waals surface area contributed by atoms with Gasteiger partial charge in [0.05, 0.1) is 73.7 Å². The maximum absolute atomic E-state index is 5.47. The van der Waals surface area contributed by atoms with Crippen molar-refractivity contribution in [2.75, 3.05) is 0 Å². The number of benzene rings is 4. The quantitative estimate of drug-likeness (QED) is 0.160. The van der Waals surface area contributed by atoms with Gasteiger partial charge >= 0.3 is 0 Å². The average Bonchev–Trinajstić information content (AvgIpc) is 4.21. The summed E-state index contributed by atoms with van der Waals surface area (Å²) in [5.74, 6) is 0. The zero-order valence-electron chi connectivity index (χ0n) is 36.3. The minimum absolute atomic E-state index is 0.0781. The lowest BCUT2D eigenvalue weighted by Gasteiger charge is -2.22. The lowest BCUT2D eigenvalue weighted by molar-refractivity contribution is 0.833. The molecule has 5 aliphatic rings. The van der Waals surface area contributed by atoms with Crippen LogP contribution in [0.15, 0.2) is 210 Å². The summed E-state index contributed by atoms with van der Waals surface area (Å²) in [7, 11) is 0. The fourth-order valence-electron chi connectivity index (χ4n) is 10.7. The summed E-state index contributed by atoms with van der Waals surface area (Å²) >= 11 is 0. The molecule has 1 unspecified atom stereocenters. The molecule has 1 atom stereocenters. The van der Waals surface area contributed by atoms with Crippen molar-refractivity contribution in [1.29, 1.82) is 0 Å². The number of allylic oxidation sites excluding steroid dienone is 4. The molecule has 8 nitrogen and oxygen atoms in total. The van der Waals surface area contributed by atoms with E-state index in [-0.39, 0.29) is 6.04 Å². The number of hydrogen-bond acceptors (Lipinski definition) is 6. The smallest absolute Gasteiger partial charge is 0.0893 e. The van der Waals surface area contributed by atoms with Crippen molar-refractivity contribution in [3.05, 3.63) is 244 Å². The predicted octanol–water partition coefficient (Wildman–Crippen LogP) is 11.4. The van der Waals surface area contributed by atoms with Gasteiger partial charge in [-0.05, 0) is 89.5 Å². The van der Waals surface area contributed by atoms with Gasteiger partial charge in [0.15, 0.2) is 0 Å². The van der Waals surface area contributed by atoms with Crippen LogP contribution in [0.2, 0.25) is 0 Å². The molecule has 0 saturated carbocycles. The summed E-state index contributed by atoms with van der Waals surface area (Å²) in [4.78, 5) is 34.0. The van der Waals surface area contributed by atoms with Crippen LogP contribution in [0, 0.1) is 0 Å². The van der Waals surface area contributed by atoms with E-state index in [0.29, 0.717) is 0 Å². The number of hydrogen-bond donors (Lipinski definition) is 3. The van der Waals surface area contributed by atoms with Crippen LogP contribution in [0.4, 0.5) is 0 Å². The third kappa shape index (κ3) is 5.64. The highest BCUT2D eigenvalue weighted by Gasteiger charge is 2.31. The van der Waals surface area contributed by atoms with E-state index in [0.717, 1.165) is 145 Å². The van der Waals surface area contributed by atoms with Crippen molar-refractivity contribution in [1.82, 2.24) is 35.2 Å². The van der Waals surface area contributed by atoms with E-state index >= 15 is 0 Å². The van der Waals surface area contributed by atoms with Crippen molar-refractivity contribution < 1.29 is 0 Å². The standard InChI is InChI=1S/C60H36N8/c1-9-35-29-51-55(52-30-36-10-2-14-40(58(36)66-52)44-18-6-22-48(62-44)47-21-5-17-43(61-47)39(13-1)57(35)65-51)33-25-27-34(28-26-33)56-53-31-37-11-3-15-41(59(37)67-53)45-19-7-23-49(63-45)50-24-8-20-46(64-50)42-16-4-12-38-32-54(56)68-60(38)42/h1-32,57,65-67H. The van der Waals surface area contributed by atoms with E-state index in [4.69, 9.17) is 24.9 Å². The monoisotopic (exact) mass is 868 g/mol. The van der Waals surface area contributed by atoms with Gasteiger partial charge in [-0.15, -0.1) is 0 Å². The van der Waals surface area contributed by atoms with E-state index < -0.39 is 0 Å². The van der Waals surface area contributed by atoms with Crippen molar-refractivity contribution in [2.24, 2.45) is 4.99 Å². The van der Waals surface area contributed by atoms with Gasteiger partial charge in [0.1, 0.15) is 0 Å². The Hall–Kier alpha value is -9.27. The van der Waals surface area contributed by atoms with Crippen molar-refractivity contribution in [3.63, 3.8) is 0 Å². The highest BCUT2D eigenvalue weighted by Crippen LogP contribution is 2.41. The molecular weight excluding hydrogens is 833 g/mol. The number of pyridine rings is 4. The molecular formula is C60H36N8. The molecule has 4 aliphatic heterocycles. The van der Waals surface area contributed by atoms with Crippen LogP contribution in [0.1, 0.15) is 28.2 Å². The highest BCUT2D eigenvalue weighted by molar-refractivity contribution is 6.00. The number of rotatable bonds is 2. The highest BCUT2D eigenvalue weighted by atomic mass is 15.0. The molecule has 8 heteroatoms. The summed E-state index contributed by atoms with van der Waals surface area (Å²) in [5.41, 5.74) is 22.3. The van der Waals surface area contributed by atoms with Crippen molar-refractivity contribution in [3.8, 4) is 56.5 Å². The zero-order chi connectivity index (χ0) is 44.5. The molecule has 316 valence electrons. The first kappa shape index (κ1) is 37.0. The zero-order valence-corrected chi connectivity index (χ0v) is 36.3. The van der Waals surface area contributed by atoms with E-state index in [9.17, 15) is 0 Å². The van der Waals surface area contributed by atoms with Crippen LogP contribution in [0.3, 0.4) is 0 Å². The first-order valence-electron chi connectivity index (χ1n) is 22.9. The lowest BCUT2D eigenvalue weighted by Crippen LogP contribution is -2.27. The van der Waals surface area contributed by atoms with Gasteiger partial charge in [-0.3, -0.25) is 0 Å². The lowest BCUT2D eigenvalue weighted by atomic mass is 9.93. The Bertz CT molecular complexity index is 4170. The summed E-state index contributed by atoms with van der Waals surface area (Å²) < 4.78 is 0. The van der Waals surface area contributed by atoms with Crippen LogP contribution >= 0.6 is 0 Å². The topological polar surface area (TPSA) is 108 Å². The van der Waals surface area contributed by atoms with E-state index in [1.54, 1.807) is 0 Å². The SMILES string of the molecule is C1=CC2=CC3=C(c4ccc(C5=C6C=c7cccc(c7=N6)-c6cccc(n6)-c6cccc(n6)-c6cccc7cc5[nH]c67)cc4)c4cc5cccc(c5[nH]4)-c4cccc(n4)-c4cccc(n4)C(=C1)C2N3. The Morgan fingerprint density at radius 1 is 0.441 bits per heavy atom. The summed E-state index contributed by atoms with van der Waals surface area (Å²) in [6.45, 7) is 0. The number of para-hydroxylation sites is 3. The largest absolute Gasteiger partial charge is 0.373 e. The molecule has 10 aromatic rings. The Labute approximate surface area is 389 Å². The minimum atomic E-state index is -0.0781.